The lowest BCUT2D eigenvalue weighted by Gasteiger charge is -2.05. The van der Waals surface area contributed by atoms with Crippen molar-refractivity contribution in [3.05, 3.63) is 28.2 Å². The number of nitrogens with two attached hydrogens (primary N) is 1. The van der Waals surface area contributed by atoms with E-state index in [1.807, 2.05) is 0 Å². The van der Waals surface area contributed by atoms with Crippen molar-refractivity contribution in [3.8, 4) is 6.01 Å². The number of halogens is 2. The number of hydrogen-bond donors (Lipinski definition) is 1. The largest absolute Gasteiger partial charge is 0.467 e. The SMILES string of the molecule is COc1nc(N)nc(Sc2cc(Cl)ccc2Cl)n1. The standard InChI is InChI=1S/C10H8Cl2N4OS/c1-17-9-14-8(13)15-10(16-9)18-7-4-5(11)2-3-6(7)12/h2-4H,1H3,(H2,13,14,15,16). The molecule has 94 valence electrons. The fourth-order valence-corrected chi connectivity index (χ4v) is 2.42. The summed E-state index contributed by atoms with van der Waals surface area (Å²) in [5, 5.41) is 1.53. The molecule has 1 heterocycles. The van der Waals surface area contributed by atoms with Gasteiger partial charge < -0.3 is 10.5 Å². The van der Waals surface area contributed by atoms with Crippen molar-refractivity contribution in [2.45, 2.75) is 10.1 Å². The highest BCUT2D eigenvalue weighted by atomic mass is 35.5. The van der Waals surface area contributed by atoms with Gasteiger partial charge in [-0.15, -0.1) is 0 Å². The van der Waals surface area contributed by atoms with Crippen LogP contribution >= 0.6 is 35.0 Å². The van der Waals surface area contributed by atoms with Crippen LogP contribution in [0.15, 0.2) is 28.3 Å². The number of rotatable bonds is 3. The number of aromatic nitrogens is 3. The van der Waals surface area contributed by atoms with Crippen LogP contribution in [0.25, 0.3) is 0 Å². The van der Waals surface area contributed by atoms with Crippen molar-refractivity contribution in [3.63, 3.8) is 0 Å². The minimum absolute atomic E-state index is 0.0856. The summed E-state index contributed by atoms with van der Waals surface area (Å²) in [4.78, 5) is 12.6. The molecule has 5 nitrogen and oxygen atoms in total. The van der Waals surface area contributed by atoms with Crippen LogP contribution in [0, 0.1) is 0 Å². The molecule has 0 aliphatic heterocycles. The molecule has 0 unspecified atom stereocenters. The molecule has 1 aromatic carbocycles. The zero-order valence-electron chi connectivity index (χ0n) is 9.22. The maximum atomic E-state index is 6.05. The van der Waals surface area contributed by atoms with Crippen molar-refractivity contribution in [1.82, 2.24) is 15.0 Å². The Kier molecular flexibility index (Phi) is 4.11. The number of ether oxygens (including phenoxy) is 1. The van der Waals surface area contributed by atoms with Gasteiger partial charge in [0, 0.05) is 9.92 Å². The van der Waals surface area contributed by atoms with Crippen molar-refractivity contribution < 1.29 is 4.74 Å². The first-order valence-corrected chi connectivity index (χ1v) is 6.34. The van der Waals surface area contributed by atoms with E-state index in [2.05, 4.69) is 15.0 Å². The summed E-state index contributed by atoms with van der Waals surface area (Å²) in [6.07, 6.45) is 0. The Morgan fingerprint density at radius 1 is 1.22 bits per heavy atom. The summed E-state index contributed by atoms with van der Waals surface area (Å²) >= 11 is 13.2. The number of nitrogen functional groups attached to an aromatic ring is 1. The number of anilines is 1. The second-order valence-corrected chi connectivity index (χ2v) is 4.99. The number of methoxy groups -OCH3 is 1. The van der Waals surface area contributed by atoms with Crippen molar-refractivity contribution in [1.29, 1.82) is 0 Å². The van der Waals surface area contributed by atoms with E-state index >= 15 is 0 Å². The monoisotopic (exact) mass is 302 g/mol. The lowest BCUT2D eigenvalue weighted by Crippen LogP contribution is -2.01. The molecule has 2 aromatic rings. The molecule has 0 saturated carbocycles. The molecule has 0 radical (unpaired) electrons. The lowest BCUT2D eigenvalue weighted by molar-refractivity contribution is 0.374. The predicted octanol–water partition coefficient (Wildman–Crippen LogP) is 2.92. The van der Waals surface area contributed by atoms with Crippen LogP contribution in [0.4, 0.5) is 5.95 Å². The molecule has 2 rings (SSSR count). The van der Waals surface area contributed by atoms with Gasteiger partial charge in [-0.25, -0.2) is 0 Å². The Balaban J connectivity index is 2.33. The van der Waals surface area contributed by atoms with Gasteiger partial charge >= 0.3 is 6.01 Å². The molecule has 0 aliphatic carbocycles. The molecule has 0 aliphatic rings. The van der Waals surface area contributed by atoms with Crippen LogP contribution in [0.2, 0.25) is 10.0 Å². The smallest absolute Gasteiger partial charge is 0.321 e. The highest BCUT2D eigenvalue weighted by Gasteiger charge is 2.09. The van der Waals surface area contributed by atoms with E-state index in [0.29, 0.717) is 15.2 Å². The first-order chi connectivity index (χ1) is 8.58. The molecule has 0 bridgehead atoms. The van der Waals surface area contributed by atoms with Gasteiger partial charge in [0.2, 0.25) is 11.1 Å². The molecule has 1 aromatic heterocycles. The summed E-state index contributed by atoms with van der Waals surface area (Å²) in [6, 6.07) is 5.29. The summed E-state index contributed by atoms with van der Waals surface area (Å²) in [5.74, 6) is 0.0856. The van der Waals surface area contributed by atoms with E-state index < -0.39 is 0 Å². The molecule has 0 amide bonds. The zero-order valence-corrected chi connectivity index (χ0v) is 11.6. The van der Waals surface area contributed by atoms with Gasteiger partial charge in [0.05, 0.1) is 12.1 Å². The summed E-state index contributed by atoms with van der Waals surface area (Å²) in [5.41, 5.74) is 5.54. The minimum Gasteiger partial charge on any atom is -0.467 e. The van der Waals surface area contributed by atoms with Crippen LogP contribution in [-0.4, -0.2) is 22.1 Å². The molecule has 2 N–H and O–H groups in total. The van der Waals surface area contributed by atoms with Crippen molar-refractivity contribution in [2.24, 2.45) is 0 Å². The Bertz CT molecular complexity index is 582. The maximum Gasteiger partial charge on any atom is 0.321 e. The number of hydrogen-bond acceptors (Lipinski definition) is 6. The molecular formula is C10H8Cl2N4OS. The third kappa shape index (κ3) is 3.16. The van der Waals surface area contributed by atoms with Crippen LogP contribution in [0.5, 0.6) is 6.01 Å². The summed E-state index contributed by atoms with van der Waals surface area (Å²) < 4.78 is 4.91. The topological polar surface area (TPSA) is 73.9 Å². The van der Waals surface area contributed by atoms with Gasteiger partial charge in [-0.05, 0) is 30.0 Å². The van der Waals surface area contributed by atoms with Gasteiger partial charge in [-0.3, -0.25) is 0 Å². The van der Waals surface area contributed by atoms with E-state index in [9.17, 15) is 0 Å². The predicted molar refractivity (Wildman–Crippen MR) is 71.4 cm³/mol. The Hall–Kier alpha value is -1.24. The Morgan fingerprint density at radius 2 is 2.00 bits per heavy atom. The van der Waals surface area contributed by atoms with Crippen molar-refractivity contribution in [2.75, 3.05) is 12.8 Å². The first-order valence-electron chi connectivity index (χ1n) is 4.77. The fourth-order valence-electron chi connectivity index (χ4n) is 1.14. The third-order valence-corrected chi connectivity index (χ3v) is 3.49. The lowest BCUT2D eigenvalue weighted by atomic mass is 10.4. The second-order valence-electron chi connectivity index (χ2n) is 3.14. The molecule has 18 heavy (non-hydrogen) atoms. The first kappa shape index (κ1) is 13.2. The highest BCUT2D eigenvalue weighted by Crippen LogP contribution is 2.33. The summed E-state index contributed by atoms with van der Waals surface area (Å²) in [6.45, 7) is 0. The molecule has 0 saturated heterocycles. The van der Waals surface area contributed by atoms with E-state index in [1.165, 1.54) is 18.9 Å². The zero-order chi connectivity index (χ0) is 13.1. The summed E-state index contributed by atoms with van der Waals surface area (Å²) in [7, 11) is 1.45. The van der Waals surface area contributed by atoms with Gasteiger partial charge in [-0.2, -0.15) is 15.0 Å². The quantitative estimate of drug-likeness (QED) is 0.939. The average molecular weight is 303 g/mol. The highest BCUT2D eigenvalue weighted by molar-refractivity contribution is 7.99. The van der Waals surface area contributed by atoms with Crippen LogP contribution in [0.1, 0.15) is 0 Å². The van der Waals surface area contributed by atoms with Gasteiger partial charge in [0.1, 0.15) is 0 Å². The van der Waals surface area contributed by atoms with E-state index in [0.717, 1.165) is 4.90 Å². The maximum absolute atomic E-state index is 6.05. The molecular weight excluding hydrogens is 295 g/mol. The Morgan fingerprint density at radius 3 is 2.72 bits per heavy atom. The van der Waals surface area contributed by atoms with Crippen LogP contribution < -0.4 is 10.5 Å². The van der Waals surface area contributed by atoms with Crippen LogP contribution in [-0.2, 0) is 0 Å². The van der Waals surface area contributed by atoms with Gasteiger partial charge in [-0.1, -0.05) is 23.2 Å². The number of nitrogens with zero attached hydrogens (tertiary/aromatic N) is 3. The van der Waals surface area contributed by atoms with E-state index in [4.69, 9.17) is 33.7 Å². The van der Waals surface area contributed by atoms with Gasteiger partial charge in [0.15, 0.2) is 0 Å². The third-order valence-electron chi connectivity index (χ3n) is 1.89. The second kappa shape index (κ2) is 5.60. The molecule has 0 fully saturated rings. The van der Waals surface area contributed by atoms with E-state index in [-0.39, 0.29) is 12.0 Å². The molecule has 8 heteroatoms. The average Bonchev–Trinajstić information content (AvgIpc) is 2.33. The minimum atomic E-state index is 0.0856. The molecule has 0 spiro atoms. The molecule has 0 atom stereocenters. The van der Waals surface area contributed by atoms with Gasteiger partial charge in [0.25, 0.3) is 0 Å². The van der Waals surface area contributed by atoms with E-state index in [1.54, 1.807) is 18.2 Å². The van der Waals surface area contributed by atoms with Crippen LogP contribution in [0.3, 0.4) is 0 Å². The normalized spacial score (nSPS) is 10.4. The fraction of sp³-hybridized carbons (Fsp3) is 0.100. The Labute approximate surface area is 118 Å². The van der Waals surface area contributed by atoms with Crippen molar-refractivity contribution >= 4 is 40.9 Å². The number of benzene rings is 1.